The Bertz CT molecular complexity index is 223. The molecule has 0 radical (unpaired) electrons. The average molecular weight is 249 g/mol. The van der Waals surface area contributed by atoms with Crippen molar-refractivity contribution < 1.29 is 4.79 Å². The minimum absolute atomic E-state index is 0. The highest BCUT2D eigenvalue weighted by atomic mass is 35.5. The van der Waals surface area contributed by atoms with E-state index in [1.807, 2.05) is 18.9 Å². The smallest absolute Gasteiger partial charge is 0.239 e. The number of carbonyl (C=O) groups excluding carboxylic acids is 1. The van der Waals surface area contributed by atoms with E-state index < -0.39 is 0 Å². The summed E-state index contributed by atoms with van der Waals surface area (Å²) in [5, 5.41) is 0. The van der Waals surface area contributed by atoms with Crippen molar-refractivity contribution in [2.45, 2.75) is 58.0 Å². The van der Waals surface area contributed by atoms with E-state index in [1.54, 1.807) is 0 Å². The number of rotatable bonds is 3. The first-order chi connectivity index (χ1) is 7.06. The largest absolute Gasteiger partial charge is 0.341 e. The Kier molecular flexibility index (Phi) is 7.00. The first kappa shape index (κ1) is 15.7. The van der Waals surface area contributed by atoms with E-state index in [9.17, 15) is 4.79 Å². The number of carbonyl (C=O) groups is 1. The fraction of sp³-hybridized carbons (Fsp3) is 0.917. The van der Waals surface area contributed by atoms with Crippen LogP contribution in [0, 0.1) is 5.92 Å². The molecule has 1 amide bonds. The molecule has 2 unspecified atom stereocenters. The SMILES string of the molecule is CC[C@H](N)C(=O)N(C)C1CCCC(C)C1.Cl. The fourth-order valence-corrected chi connectivity index (χ4v) is 2.37. The van der Waals surface area contributed by atoms with Gasteiger partial charge in [-0.3, -0.25) is 4.79 Å². The summed E-state index contributed by atoms with van der Waals surface area (Å²) in [7, 11) is 1.90. The van der Waals surface area contributed by atoms with Crippen molar-refractivity contribution >= 4 is 18.3 Å². The van der Waals surface area contributed by atoms with E-state index >= 15 is 0 Å². The van der Waals surface area contributed by atoms with Gasteiger partial charge >= 0.3 is 0 Å². The fourth-order valence-electron chi connectivity index (χ4n) is 2.37. The predicted molar refractivity (Wildman–Crippen MR) is 69.7 cm³/mol. The molecule has 3 atom stereocenters. The Morgan fingerprint density at radius 2 is 2.12 bits per heavy atom. The zero-order valence-corrected chi connectivity index (χ0v) is 11.4. The van der Waals surface area contributed by atoms with Crippen molar-refractivity contribution in [1.29, 1.82) is 0 Å². The van der Waals surface area contributed by atoms with Crippen LogP contribution in [0.15, 0.2) is 0 Å². The standard InChI is InChI=1S/C12H24N2O.ClH/c1-4-11(13)12(15)14(3)10-7-5-6-9(2)8-10;/h9-11H,4-8,13H2,1-3H3;1H/t9?,10?,11-;/m0./s1. The molecule has 0 aromatic carbocycles. The minimum Gasteiger partial charge on any atom is -0.341 e. The van der Waals surface area contributed by atoms with Crippen LogP contribution in [-0.4, -0.2) is 29.9 Å². The number of hydrogen-bond acceptors (Lipinski definition) is 2. The summed E-state index contributed by atoms with van der Waals surface area (Å²) in [5.41, 5.74) is 5.77. The number of hydrogen-bond donors (Lipinski definition) is 1. The second kappa shape index (κ2) is 7.13. The Morgan fingerprint density at radius 1 is 1.50 bits per heavy atom. The lowest BCUT2D eigenvalue weighted by Crippen LogP contribution is -2.47. The summed E-state index contributed by atoms with van der Waals surface area (Å²) >= 11 is 0. The lowest BCUT2D eigenvalue weighted by molar-refractivity contribution is -0.134. The summed E-state index contributed by atoms with van der Waals surface area (Å²) in [6, 6.07) is 0.103. The maximum atomic E-state index is 11.9. The molecule has 1 saturated carbocycles. The Morgan fingerprint density at radius 3 is 2.62 bits per heavy atom. The number of nitrogens with two attached hydrogens (primary N) is 1. The van der Waals surface area contributed by atoms with Gasteiger partial charge in [0.2, 0.25) is 5.91 Å². The van der Waals surface area contributed by atoms with Crippen molar-refractivity contribution in [3.63, 3.8) is 0 Å². The maximum absolute atomic E-state index is 11.9. The number of halogens is 1. The van der Waals surface area contributed by atoms with Gasteiger partial charge < -0.3 is 10.6 Å². The molecule has 0 aliphatic heterocycles. The van der Waals surface area contributed by atoms with Crippen molar-refractivity contribution in [1.82, 2.24) is 4.90 Å². The molecule has 0 aromatic rings. The number of amides is 1. The quantitative estimate of drug-likeness (QED) is 0.832. The van der Waals surface area contributed by atoms with Gasteiger partial charge in [-0.2, -0.15) is 0 Å². The van der Waals surface area contributed by atoms with Gasteiger partial charge in [-0.05, 0) is 25.2 Å². The van der Waals surface area contributed by atoms with Crippen molar-refractivity contribution in [2.24, 2.45) is 11.7 Å². The van der Waals surface area contributed by atoms with Crippen LogP contribution in [-0.2, 0) is 4.79 Å². The Balaban J connectivity index is 0.00000225. The van der Waals surface area contributed by atoms with Crippen LogP contribution in [0.2, 0.25) is 0 Å². The van der Waals surface area contributed by atoms with Crippen LogP contribution >= 0.6 is 12.4 Å². The van der Waals surface area contributed by atoms with Gasteiger partial charge in [-0.25, -0.2) is 0 Å². The first-order valence-electron chi connectivity index (χ1n) is 6.08. The molecule has 0 heterocycles. The molecule has 96 valence electrons. The van der Waals surface area contributed by atoms with Crippen LogP contribution in [0.3, 0.4) is 0 Å². The van der Waals surface area contributed by atoms with Gasteiger partial charge in [-0.15, -0.1) is 12.4 Å². The summed E-state index contributed by atoms with van der Waals surface area (Å²) in [6.07, 6.45) is 5.55. The predicted octanol–water partition coefficient (Wildman–Crippen LogP) is 2.18. The van der Waals surface area contributed by atoms with Crippen LogP contribution in [0.1, 0.15) is 46.0 Å². The highest BCUT2D eigenvalue weighted by Crippen LogP contribution is 2.26. The summed E-state index contributed by atoms with van der Waals surface area (Å²) in [4.78, 5) is 13.8. The molecule has 4 heteroatoms. The molecule has 1 fully saturated rings. The molecular formula is C12H25ClN2O. The highest BCUT2D eigenvalue weighted by Gasteiger charge is 2.27. The lowest BCUT2D eigenvalue weighted by Gasteiger charge is -2.35. The average Bonchev–Trinajstić information content (AvgIpc) is 2.26. The van der Waals surface area contributed by atoms with E-state index in [0.717, 1.165) is 25.2 Å². The third kappa shape index (κ3) is 3.95. The van der Waals surface area contributed by atoms with E-state index in [1.165, 1.54) is 12.8 Å². The third-order valence-electron chi connectivity index (χ3n) is 3.56. The Labute approximate surface area is 105 Å². The molecule has 1 rings (SSSR count). The second-order valence-electron chi connectivity index (χ2n) is 4.89. The summed E-state index contributed by atoms with van der Waals surface area (Å²) < 4.78 is 0. The molecule has 0 spiro atoms. The van der Waals surface area contributed by atoms with Gasteiger partial charge in [0.25, 0.3) is 0 Å². The normalized spacial score (nSPS) is 26.8. The summed E-state index contributed by atoms with van der Waals surface area (Å²) in [5.74, 6) is 0.855. The molecule has 1 aliphatic rings. The minimum atomic E-state index is -0.313. The molecule has 3 nitrogen and oxygen atoms in total. The molecule has 0 saturated heterocycles. The van der Waals surface area contributed by atoms with Crippen LogP contribution < -0.4 is 5.73 Å². The van der Waals surface area contributed by atoms with Crippen molar-refractivity contribution in [3.8, 4) is 0 Å². The summed E-state index contributed by atoms with van der Waals surface area (Å²) in [6.45, 7) is 4.23. The van der Waals surface area contributed by atoms with E-state index in [-0.39, 0.29) is 24.4 Å². The first-order valence-corrected chi connectivity index (χ1v) is 6.08. The van der Waals surface area contributed by atoms with E-state index in [4.69, 9.17) is 5.73 Å². The van der Waals surface area contributed by atoms with E-state index in [0.29, 0.717) is 6.04 Å². The molecule has 1 aliphatic carbocycles. The zero-order valence-electron chi connectivity index (χ0n) is 10.6. The maximum Gasteiger partial charge on any atom is 0.239 e. The highest BCUT2D eigenvalue weighted by molar-refractivity contribution is 5.85. The molecule has 0 aromatic heterocycles. The Hall–Kier alpha value is -0.280. The number of nitrogens with zero attached hydrogens (tertiary/aromatic N) is 1. The number of likely N-dealkylation sites (N-methyl/N-ethyl adjacent to an activating group) is 1. The van der Waals surface area contributed by atoms with Crippen LogP contribution in [0.5, 0.6) is 0 Å². The molecule has 16 heavy (non-hydrogen) atoms. The topological polar surface area (TPSA) is 46.3 Å². The van der Waals surface area contributed by atoms with Gasteiger partial charge in [0.1, 0.15) is 0 Å². The molecular weight excluding hydrogens is 224 g/mol. The van der Waals surface area contributed by atoms with Gasteiger partial charge in [0.05, 0.1) is 6.04 Å². The molecule has 0 bridgehead atoms. The molecule has 2 N–H and O–H groups in total. The lowest BCUT2D eigenvalue weighted by atomic mass is 9.86. The van der Waals surface area contributed by atoms with Gasteiger partial charge in [0.15, 0.2) is 0 Å². The third-order valence-corrected chi connectivity index (χ3v) is 3.56. The van der Waals surface area contributed by atoms with Crippen molar-refractivity contribution in [2.75, 3.05) is 7.05 Å². The van der Waals surface area contributed by atoms with Gasteiger partial charge in [-0.1, -0.05) is 26.7 Å². The van der Waals surface area contributed by atoms with E-state index in [2.05, 4.69) is 6.92 Å². The van der Waals surface area contributed by atoms with Crippen molar-refractivity contribution in [3.05, 3.63) is 0 Å². The zero-order chi connectivity index (χ0) is 11.4. The second-order valence-corrected chi connectivity index (χ2v) is 4.89. The monoisotopic (exact) mass is 248 g/mol. The van der Waals surface area contributed by atoms with Crippen LogP contribution in [0.25, 0.3) is 0 Å². The van der Waals surface area contributed by atoms with Crippen LogP contribution in [0.4, 0.5) is 0 Å². The van der Waals surface area contributed by atoms with Gasteiger partial charge in [0, 0.05) is 13.1 Å².